The summed E-state index contributed by atoms with van der Waals surface area (Å²) in [5.41, 5.74) is 2.18. The van der Waals surface area contributed by atoms with Gasteiger partial charge in [-0.1, -0.05) is 6.92 Å². The highest BCUT2D eigenvalue weighted by atomic mass is 16.5. The second-order valence-electron chi connectivity index (χ2n) is 7.05. The fourth-order valence-corrected chi connectivity index (χ4v) is 3.44. The number of aromatic nitrogens is 2. The highest BCUT2D eigenvalue weighted by molar-refractivity contribution is 5.93. The lowest BCUT2D eigenvalue weighted by Crippen LogP contribution is -2.36. The van der Waals surface area contributed by atoms with Gasteiger partial charge < -0.3 is 15.0 Å². The lowest BCUT2D eigenvalue weighted by Gasteiger charge is -2.30. The molecule has 2 heterocycles. The van der Waals surface area contributed by atoms with E-state index in [1.54, 1.807) is 13.2 Å². The highest BCUT2D eigenvalue weighted by Crippen LogP contribution is 2.21. The Hall–Kier alpha value is -2.34. The molecule has 3 rings (SSSR count). The standard InChI is InChI=1S/C20H28N4O2/c1-15-5-3-11-24(14-15)12-4-10-21-20(25)19-13-18(22-23-19)16-6-8-17(26-2)9-7-16/h6-9,13,15H,3-5,10-12,14H2,1-2H3,(H,21,25)(H,22,23)/t15-/m0/s1. The number of aromatic amines is 1. The Kier molecular flexibility index (Phi) is 6.28. The van der Waals surface area contributed by atoms with Crippen LogP contribution in [0.4, 0.5) is 0 Å². The molecule has 0 unspecified atom stereocenters. The van der Waals surface area contributed by atoms with Crippen molar-refractivity contribution in [2.75, 3.05) is 33.3 Å². The molecule has 2 aromatic rings. The number of hydrogen-bond donors (Lipinski definition) is 2. The van der Waals surface area contributed by atoms with E-state index in [4.69, 9.17) is 4.74 Å². The predicted molar refractivity (Wildman–Crippen MR) is 102 cm³/mol. The summed E-state index contributed by atoms with van der Waals surface area (Å²) in [4.78, 5) is 14.8. The van der Waals surface area contributed by atoms with Crippen molar-refractivity contribution in [2.45, 2.75) is 26.2 Å². The molecule has 6 nitrogen and oxygen atoms in total. The maximum atomic E-state index is 12.3. The van der Waals surface area contributed by atoms with Gasteiger partial charge in [0.15, 0.2) is 0 Å². The summed E-state index contributed by atoms with van der Waals surface area (Å²) < 4.78 is 5.16. The van der Waals surface area contributed by atoms with Gasteiger partial charge in [0.1, 0.15) is 11.4 Å². The molecule has 0 bridgehead atoms. The van der Waals surface area contributed by atoms with Crippen molar-refractivity contribution in [3.05, 3.63) is 36.0 Å². The van der Waals surface area contributed by atoms with Crippen LogP contribution in [0.15, 0.2) is 30.3 Å². The lowest BCUT2D eigenvalue weighted by molar-refractivity contribution is 0.0945. The fourth-order valence-electron chi connectivity index (χ4n) is 3.44. The van der Waals surface area contributed by atoms with Gasteiger partial charge in [0, 0.05) is 18.7 Å². The van der Waals surface area contributed by atoms with E-state index in [1.165, 1.54) is 25.9 Å². The van der Waals surface area contributed by atoms with Gasteiger partial charge in [-0.25, -0.2) is 0 Å². The molecule has 1 aromatic heterocycles. The number of ether oxygens (including phenoxy) is 1. The van der Waals surface area contributed by atoms with Crippen LogP contribution in [0, 0.1) is 5.92 Å². The third-order valence-corrected chi connectivity index (χ3v) is 4.89. The minimum absolute atomic E-state index is 0.107. The number of likely N-dealkylation sites (tertiary alicyclic amines) is 1. The number of amides is 1. The Morgan fingerprint density at radius 3 is 2.92 bits per heavy atom. The molecule has 1 saturated heterocycles. The molecular weight excluding hydrogens is 328 g/mol. The molecule has 2 N–H and O–H groups in total. The first-order valence-electron chi connectivity index (χ1n) is 9.36. The summed E-state index contributed by atoms with van der Waals surface area (Å²) >= 11 is 0. The van der Waals surface area contributed by atoms with Gasteiger partial charge in [0.2, 0.25) is 0 Å². The number of rotatable bonds is 7. The van der Waals surface area contributed by atoms with Crippen molar-refractivity contribution in [3.8, 4) is 17.0 Å². The number of nitrogens with zero attached hydrogens (tertiary/aromatic N) is 2. The van der Waals surface area contributed by atoms with Gasteiger partial charge in [-0.3, -0.25) is 9.89 Å². The van der Waals surface area contributed by atoms with Crippen LogP contribution in [0.25, 0.3) is 11.3 Å². The zero-order chi connectivity index (χ0) is 18.4. The zero-order valence-corrected chi connectivity index (χ0v) is 15.6. The van der Waals surface area contributed by atoms with Gasteiger partial charge in [-0.2, -0.15) is 5.10 Å². The van der Waals surface area contributed by atoms with Crippen LogP contribution in [0.3, 0.4) is 0 Å². The Morgan fingerprint density at radius 2 is 2.19 bits per heavy atom. The Morgan fingerprint density at radius 1 is 1.38 bits per heavy atom. The van der Waals surface area contributed by atoms with Crippen molar-refractivity contribution in [1.29, 1.82) is 0 Å². The first-order chi connectivity index (χ1) is 12.7. The summed E-state index contributed by atoms with van der Waals surface area (Å²) in [6, 6.07) is 9.40. The molecule has 1 fully saturated rings. The smallest absolute Gasteiger partial charge is 0.269 e. The van der Waals surface area contributed by atoms with Crippen LogP contribution in [-0.2, 0) is 0 Å². The average molecular weight is 356 g/mol. The van der Waals surface area contributed by atoms with Crippen molar-refractivity contribution < 1.29 is 9.53 Å². The fraction of sp³-hybridized carbons (Fsp3) is 0.500. The van der Waals surface area contributed by atoms with Crippen molar-refractivity contribution in [1.82, 2.24) is 20.4 Å². The van der Waals surface area contributed by atoms with Crippen LogP contribution >= 0.6 is 0 Å². The van der Waals surface area contributed by atoms with Crippen LogP contribution in [-0.4, -0.2) is 54.3 Å². The number of carbonyl (C=O) groups is 1. The largest absolute Gasteiger partial charge is 0.497 e. The first kappa shape index (κ1) is 18.5. The normalized spacial score (nSPS) is 17.8. The van der Waals surface area contributed by atoms with Crippen LogP contribution < -0.4 is 10.1 Å². The second kappa shape index (κ2) is 8.85. The van der Waals surface area contributed by atoms with Crippen LogP contribution in [0.2, 0.25) is 0 Å². The lowest BCUT2D eigenvalue weighted by atomic mass is 10.0. The third kappa shape index (κ3) is 4.85. The molecule has 0 saturated carbocycles. The summed E-state index contributed by atoms with van der Waals surface area (Å²) in [6.07, 6.45) is 3.59. The summed E-state index contributed by atoms with van der Waals surface area (Å²) in [7, 11) is 1.64. The number of piperidine rings is 1. The van der Waals surface area contributed by atoms with Crippen molar-refractivity contribution in [2.24, 2.45) is 5.92 Å². The molecule has 26 heavy (non-hydrogen) atoms. The van der Waals surface area contributed by atoms with Crippen molar-refractivity contribution >= 4 is 5.91 Å². The second-order valence-corrected chi connectivity index (χ2v) is 7.05. The van der Waals surface area contributed by atoms with Crippen LogP contribution in [0.5, 0.6) is 5.75 Å². The summed E-state index contributed by atoms with van der Waals surface area (Å²) in [5, 5.41) is 10.0. The maximum absolute atomic E-state index is 12.3. The van der Waals surface area contributed by atoms with E-state index in [-0.39, 0.29) is 5.91 Å². The summed E-state index contributed by atoms with van der Waals surface area (Å²) in [5.74, 6) is 1.48. The average Bonchev–Trinajstić information content (AvgIpc) is 3.15. The van der Waals surface area contributed by atoms with Gasteiger partial charge in [-0.15, -0.1) is 0 Å². The number of nitrogens with one attached hydrogen (secondary N) is 2. The van der Waals surface area contributed by atoms with E-state index in [0.29, 0.717) is 12.2 Å². The Labute approximate surface area is 154 Å². The third-order valence-electron chi connectivity index (χ3n) is 4.89. The molecular formula is C20H28N4O2. The number of hydrogen-bond acceptors (Lipinski definition) is 4. The van der Waals surface area contributed by atoms with Gasteiger partial charge in [0.25, 0.3) is 5.91 Å². The molecule has 1 atom stereocenters. The van der Waals surface area contributed by atoms with E-state index in [1.807, 2.05) is 24.3 Å². The van der Waals surface area contributed by atoms with Crippen LogP contribution in [0.1, 0.15) is 36.7 Å². The number of methoxy groups -OCH3 is 1. The monoisotopic (exact) mass is 356 g/mol. The molecule has 1 aliphatic rings. The van der Waals surface area contributed by atoms with E-state index in [2.05, 4.69) is 27.3 Å². The Bertz CT molecular complexity index is 711. The topological polar surface area (TPSA) is 70.2 Å². The molecule has 1 amide bonds. The number of carbonyl (C=O) groups excluding carboxylic acids is 1. The molecule has 1 aliphatic heterocycles. The van der Waals surface area contributed by atoms with Gasteiger partial charge >= 0.3 is 0 Å². The zero-order valence-electron chi connectivity index (χ0n) is 15.6. The molecule has 0 spiro atoms. The molecule has 0 aliphatic carbocycles. The van der Waals surface area contributed by atoms with E-state index >= 15 is 0 Å². The molecule has 6 heteroatoms. The Balaban J connectivity index is 1.45. The SMILES string of the molecule is COc1ccc(-c2cc(C(=O)NCCCN3CCC[C@H](C)C3)[nH]n2)cc1. The minimum Gasteiger partial charge on any atom is -0.497 e. The molecule has 1 aromatic carbocycles. The predicted octanol–water partition coefficient (Wildman–Crippen LogP) is 2.94. The van der Waals surface area contributed by atoms with E-state index in [0.717, 1.165) is 35.9 Å². The highest BCUT2D eigenvalue weighted by Gasteiger charge is 2.16. The van der Waals surface area contributed by atoms with E-state index < -0.39 is 0 Å². The van der Waals surface area contributed by atoms with Crippen molar-refractivity contribution in [3.63, 3.8) is 0 Å². The van der Waals surface area contributed by atoms with Gasteiger partial charge in [-0.05, 0) is 68.6 Å². The number of H-pyrrole nitrogens is 1. The van der Waals surface area contributed by atoms with Gasteiger partial charge in [0.05, 0.1) is 12.8 Å². The molecule has 140 valence electrons. The first-order valence-corrected chi connectivity index (χ1v) is 9.36. The minimum atomic E-state index is -0.107. The molecule has 0 radical (unpaired) electrons. The quantitative estimate of drug-likeness (QED) is 0.749. The number of benzene rings is 1. The van der Waals surface area contributed by atoms with E-state index in [9.17, 15) is 4.79 Å². The summed E-state index contributed by atoms with van der Waals surface area (Å²) in [6.45, 7) is 6.40. The maximum Gasteiger partial charge on any atom is 0.269 e.